The summed E-state index contributed by atoms with van der Waals surface area (Å²) in [5.41, 5.74) is 1.68. The molecule has 0 aromatic carbocycles. The van der Waals surface area contributed by atoms with Gasteiger partial charge in [0, 0.05) is 5.57 Å². The molecule has 6 heteroatoms. The predicted octanol–water partition coefficient (Wildman–Crippen LogP) is 1.14. The molecule has 1 amide bonds. The molecule has 0 radical (unpaired) electrons. The fourth-order valence-corrected chi connectivity index (χ4v) is 1.55. The highest BCUT2D eigenvalue weighted by Crippen LogP contribution is 2.28. The van der Waals surface area contributed by atoms with Crippen LogP contribution in [0.1, 0.15) is 0 Å². The lowest BCUT2D eigenvalue weighted by molar-refractivity contribution is -0.113. The summed E-state index contributed by atoms with van der Waals surface area (Å²) in [6.45, 7) is 0.460. The Morgan fingerprint density at radius 2 is 2.25 bits per heavy atom. The van der Waals surface area contributed by atoms with Gasteiger partial charge in [-0.2, -0.15) is 4.99 Å². The quantitative estimate of drug-likeness (QED) is 0.656. The van der Waals surface area contributed by atoms with Crippen LogP contribution in [0.5, 0.6) is 0 Å². The van der Waals surface area contributed by atoms with Crippen molar-refractivity contribution in [3.8, 4) is 0 Å². The van der Waals surface area contributed by atoms with Crippen LogP contribution in [0.3, 0.4) is 0 Å². The van der Waals surface area contributed by atoms with Gasteiger partial charge in [-0.15, -0.1) is 10.2 Å². The number of ether oxygens (including phenoxy) is 1. The second kappa shape index (κ2) is 3.34. The fraction of sp³-hybridized carbons (Fsp3) is 0.100. The Kier molecular flexibility index (Phi) is 1.86. The molecule has 0 fully saturated rings. The van der Waals surface area contributed by atoms with Crippen LogP contribution in [0.15, 0.2) is 55.5 Å². The maximum absolute atomic E-state index is 11.6. The molecule has 0 aromatic rings. The zero-order chi connectivity index (χ0) is 11.0. The zero-order valence-corrected chi connectivity index (χ0v) is 8.12. The van der Waals surface area contributed by atoms with Gasteiger partial charge in [0.1, 0.15) is 24.2 Å². The van der Waals surface area contributed by atoms with Crippen LogP contribution >= 0.6 is 0 Å². The molecule has 16 heavy (non-hydrogen) atoms. The second-order valence-corrected chi connectivity index (χ2v) is 3.22. The fourth-order valence-electron chi connectivity index (χ4n) is 1.55. The summed E-state index contributed by atoms with van der Waals surface area (Å²) in [6, 6.07) is 0. The summed E-state index contributed by atoms with van der Waals surface area (Å²) >= 11 is 0. The lowest BCUT2D eigenvalue weighted by Crippen LogP contribution is -2.13. The third-order valence-electron chi connectivity index (χ3n) is 2.29. The Bertz CT molecular complexity index is 549. The number of amidine groups is 1. The number of nitrogens with zero attached hydrogens (tertiary/aromatic N) is 4. The second-order valence-electron chi connectivity index (χ2n) is 3.22. The molecule has 0 bridgehead atoms. The normalized spacial score (nSPS) is 21.9. The molecular weight excluding hydrogens is 208 g/mol. The smallest absolute Gasteiger partial charge is 0.284 e. The van der Waals surface area contributed by atoms with Gasteiger partial charge in [0.25, 0.3) is 5.91 Å². The van der Waals surface area contributed by atoms with Crippen molar-refractivity contribution >= 4 is 18.1 Å². The summed E-state index contributed by atoms with van der Waals surface area (Å²) in [5.74, 6) is -0.0263. The van der Waals surface area contributed by atoms with Crippen LogP contribution in [0, 0.1) is 0 Å². The molecule has 0 atom stereocenters. The molecule has 3 aliphatic heterocycles. The first kappa shape index (κ1) is 8.90. The van der Waals surface area contributed by atoms with Gasteiger partial charge < -0.3 is 4.74 Å². The molecule has 0 N–H and O–H groups in total. The summed E-state index contributed by atoms with van der Waals surface area (Å²) < 4.78 is 5.03. The maximum Gasteiger partial charge on any atom is 0.284 e. The topological polar surface area (TPSA) is 75.7 Å². The number of aliphatic imine (C=N–C) groups is 2. The maximum atomic E-state index is 11.6. The zero-order valence-electron chi connectivity index (χ0n) is 8.12. The van der Waals surface area contributed by atoms with Gasteiger partial charge in [0.05, 0.1) is 6.26 Å². The molecule has 0 aromatic heterocycles. The van der Waals surface area contributed by atoms with E-state index in [4.69, 9.17) is 4.74 Å². The number of allylic oxidation sites excluding steroid dienone is 1. The van der Waals surface area contributed by atoms with E-state index in [1.165, 1.54) is 6.34 Å². The first-order chi connectivity index (χ1) is 7.86. The molecular formula is C10H6N4O2. The molecule has 0 saturated carbocycles. The summed E-state index contributed by atoms with van der Waals surface area (Å²) in [4.78, 5) is 19.1. The van der Waals surface area contributed by atoms with E-state index in [0.29, 0.717) is 23.7 Å². The van der Waals surface area contributed by atoms with Gasteiger partial charge in [-0.25, -0.2) is 4.99 Å². The van der Waals surface area contributed by atoms with E-state index in [2.05, 4.69) is 20.2 Å². The average Bonchev–Trinajstić information content (AvgIpc) is 2.75. The lowest BCUT2D eigenvalue weighted by Gasteiger charge is -2.08. The molecule has 0 saturated heterocycles. The lowest BCUT2D eigenvalue weighted by atomic mass is 10.1. The SMILES string of the molecule is O=C1N=CN=C2N=NC(C3=CCOC=C3)=C12. The van der Waals surface area contributed by atoms with Gasteiger partial charge in [-0.3, -0.25) is 4.79 Å². The monoisotopic (exact) mass is 214 g/mol. The Balaban J connectivity index is 2.11. The summed E-state index contributed by atoms with van der Waals surface area (Å²) in [7, 11) is 0. The summed E-state index contributed by atoms with van der Waals surface area (Å²) in [5, 5.41) is 7.79. The third kappa shape index (κ3) is 1.23. The van der Waals surface area contributed by atoms with Crippen molar-refractivity contribution in [3.63, 3.8) is 0 Å². The minimum Gasteiger partial charge on any atom is -0.497 e. The highest BCUT2D eigenvalue weighted by molar-refractivity contribution is 6.27. The number of carbonyl (C=O) groups excluding carboxylic acids is 1. The van der Waals surface area contributed by atoms with Gasteiger partial charge in [-0.05, 0) is 12.2 Å². The van der Waals surface area contributed by atoms with Gasteiger partial charge in [-0.1, -0.05) is 0 Å². The van der Waals surface area contributed by atoms with Crippen molar-refractivity contribution < 1.29 is 9.53 Å². The number of hydrogen-bond acceptors (Lipinski definition) is 5. The number of fused-ring (bicyclic) bond motifs is 1. The third-order valence-corrected chi connectivity index (χ3v) is 2.29. The highest BCUT2D eigenvalue weighted by Gasteiger charge is 2.29. The van der Waals surface area contributed by atoms with Crippen LogP contribution in [0.2, 0.25) is 0 Å². The van der Waals surface area contributed by atoms with Gasteiger partial charge in [0.15, 0.2) is 5.84 Å². The van der Waals surface area contributed by atoms with Crippen LogP contribution in [0.25, 0.3) is 0 Å². The van der Waals surface area contributed by atoms with E-state index in [1.807, 2.05) is 6.08 Å². The Morgan fingerprint density at radius 1 is 1.31 bits per heavy atom. The van der Waals surface area contributed by atoms with E-state index in [-0.39, 0.29) is 5.91 Å². The minimum atomic E-state index is -0.356. The van der Waals surface area contributed by atoms with Crippen molar-refractivity contribution in [2.75, 3.05) is 6.61 Å². The van der Waals surface area contributed by atoms with E-state index in [9.17, 15) is 4.79 Å². The van der Waals surface area contributed by atoms with Crippen molar-refractivity contribution in [1.82, 2.24) is 0 Å². The first-order valence-electron chi connectivity index (χ1n) is 4.66. The number of amides is 1. The molecule has 78 valence electrons. The number of azo groups is 1. The minimum absolute atomic E-state index is 0.329. The van der Waals surface area contributed by atoms with Crippen molar-refractivity contribution in [1.29, 1.82) is 0 Å². The van der Waals surface area contributed by atoms with Crippen LogP contribution in [0.4, 0.5) is 0 Å². The van der Waals surface area contributed by atoms with Gasteiger partial charge >= 0.3 is 0 Å². The first-order valence-corrected chi connectivity index (χ1v) is 4.66. The van der Waals surface area contributed by atoms with Crippen LogP contribution in [-0.4, -0.2) is 24.7 Å². The molecule has 3 aliphatic rings. The van der Waals surface area contributed by atoms with E-state index in [0.717, 1.165) is 5.57 Å². The molecule has 6 nitrogen and oxygen atoms in total. The van der Waals surface area contributed by atoms with E-state index >= 15 is 0 Å². The number of carbonyl (C=O) groups is 1. The van der Waals surface area contributed by atoms with Crippen LogP contribution < -0.4 is 0 Å². The number of hydrogen-bond donors (Lipinski definition) is 0. The molecule has 0 aliphatic carbocycles. The van der Waals surface area contributed by atoms with Crippen LogP contribution in [-0.2, 0) is 9.53 Å². The van der Waals surface area contributed by atoms with Crippen molar-refractivity contribution in [3.05, 3.63) is 35.3 Å². The average molecular weight is 214 g/mol. The number of rotatable bonds is 1. The van der Waals surface area contributed by atoms with Gasteiger partial charge in [0.2, 0.25) is 0 Å². The molecule has 0 unspecified atom stereocenters. The Hall–Kier alpha value is -2.37. The standard InChI is InChI=1S/C10H6N4O2/c15-10-7-8(6-1-3-16-4-2-6)13-14-9(7)11-5-12-10/h1-3,5H,4H2. The van der Waals surface area contributed by atoms with Crippen molar-refractivity contribution in [2.24, 2.45) is 20.2 Å². The van der Waals surface area contributed by atoms with E-state index in [1.54, 1.807) is 12.3 Å². The predicted molar refractivity (Wildman–Crippen MR) is 56.0 cm³/mol. The molecule has 0 spiro atoms. The Morgan fingerprint density at radius 3 is 3.06 bits per heavy atom. The Labute approximate surface area is 90.4 Å². The molecule has 3 rings (SSSR count). The van der Waals surface area contributed by atoms with E-state index < -0.39 is 0 Å². The molecule has 3 heterocycles. The van der Waals surface area contributed by atoms with Crippen molar-refractivity contribution in [2.45, 2.75) is 0 Å². The largest absolute Gasteiger partial charge is 0.497 e. The summed E-state index contributed by atoms with van der Waals surface area (Å²) in [6.07, 6.45) is 6.32. The highest BCUT2D eigenvalue weighted by atomic mass is 16.5.